The molecule has 0 aromatic heterocycles. The number of aryl methyl sites for hydroxylation is 1. The summed E-state index contributed by atoms with van der Waals surface area (Å²) in [6.07, 6.45) is 4.60. The number of rotatable bonds is 9. The molecule has 0 amide bonds. The van der Waals surface area contributed by atoms with Gasteiger partial charge in [-0.15, -0.1) is 0 Å². The van der Waals surface area contributed by atoms with Crippen LogP contribution in [0.5, 0.6) is 11.5 Å². The molecule has 1 fully saturated rings. The number of ether oxygens (including phenoxy) is 2. The third kappa shape index (κ3) is 6.04. The van der Waals surface area contributed by atoms with Crippen LogP contribution in [-0.4, -0.2) is 53.5 Å². The Kier molecular flexibility index (Phi) is 7.69. The highest BCUT2D eigenvalue weighted by atomic mass is 16.5. The van der Waals surface area contributed by atoms with E-state index in [-0.39, 0.29) is 0 Å². The van der Waals surface area contributed by atoms with Crippen molar-refractivity contribution in [1.82, 2.24) is 0 Å². The van der Waals surface area contributed by atoms with Gasteiger partial charge in [0, 0.05) is 0 Å². The summed E-state index contributed by atoms with van der Waals surface area (Å²) in [7, 11) is 4.01. The first-order chi connectivity index (χ1) is 11.2. The fraction of sp³-hybridized carbons (Fsp3) is 0.684. The van der Waals surface area contributed by atoms with Crippen molar-refractivity contribution in [2.75, 3.05) is 53.5 Å². The Morgan fingerprint density at radius 2 is 1.83 bits per heavy atom. The standard InChI is InChI=1S/C19H32N2O2/c1-4-7-17-8-9-18(19(16-17)22-3)23-15-6-5-10-21-13-11-20(2)12-14-21/h8-9,16H,4-7,10-15H2,1-3H3/p+2. The van der Waals surface area contributed by atoms with Gasteiger partial charge in [-0.1, -0.05) is 19.4 Å². The number of unbranched alkanes of at least 4 members (excludes halogenated alkanes) is 1. The van der Waals surface area contributed by atoms with Gasteiger partial charge in [0.25, 0.3) is 0 Å². The number of quaternary nitrogens is 2. The first kappa shape index (κ1) is 18.1. The number of nitrogens with one attached hydrogen (secondary N) is 2. The monoisotopic (exact) mass is 322 g/mol. The highest BCUT2D eigenvalue weighted by molar-refractivity contribution is 5.43. The Balaban J connectivity index is 1.67. The van der Waals surface area contributed by atoms with E-state index in [1.54, 1.807) is 16.9 Å². The Morgan fingerprint density at radius 3 is 2.52 bits per heavy atom. The summed E-state index contributed by atoms with van der Waals surface area (Å²) in [5.41, 5.74) is 1.32. The molecule has 4 heteroatoms. The molecule has 0 radical (unpaired) electrons. The van der Waals surface area contributed by atoms with E-state index in [1.807, 2.05) is 0 Å². The smallest absolute Gasteiger partial charge is 0.161 e. The quantitative estimate of drug-likeness (QED) is 0.637. The van der Waals surface area contributed by atoms with Gasteiger partial charge in [-0.05, 0) is 37.0 Å². The maximum Gasteiger partial charge on any atom is 0.161 e. The molecule has 130 valence electrons. The molecular weight excluding hydrogens is 288 g/mol. The average molecular weight is 322 g/mol. The van der Waals surface area contributed by atoms with Gasteiger partial charge < -0.3 is 19.3 Å². The first-order valence-electron chi connectivity index (χ1n) is 9.17. The Hall–Kier alpha value is -1.26. The van der Waals surface area contributed by atoms with Crippen LogP contribution in [0.15, 0.2) is 18.2 Å². The lowest BCUT2D eigenvalue weighted by molar-refractivity contribution is -1.00. The van der Waals surface area contributed by atoms with E-state index in [2.05, 4.69) is 32.2 Å². The molecule has 1 aromatic carbocycles. The van der Waals surface area contributed by atoms with E-state index < -0.39 is 0 Å². The number of piperazine rings is 1. The second kappa shape index (κ2) is 9.78. The summed E-state index contributed by atoms with van der Waals surface area (Å²) in [6, 6.07) is 6.31. The van der Waals surface area contributed by atoms with Crippen molar-refractivity contribution >= 4 is 0 Å². The van der Waals surface area contributed by atoms with Gasteiger partial charge in [-0.3, -0.25) is 0 Å². The van der Waals surface area contributed by atoms with Crippen molar-refractivity contribution in [1.29, 1.82) is 0 Å². The van der Waals surface area contributed by atoms with Gasteiger partial charge in [-0.25, -0.2) is 0 Å². The lowest BCUT2D eigenvalue weighted by Gasteiger charge is -2.27. The largest absolute Gasteiger partial charge is 0.493 e. The molecule has 0 atom stereocenters. The summed E-state index contributed by atoms with van der Waals surface area (Å²) in [5.74, 6) is 1.74. The molecule has 1 aliphatic rings. The van der Waals surface area contributed by atoms with Crippen LogP contribution in [0, 0.1) is 0 Å². The van der Waals surface area contributed by atoms with Crippen LogP contribution >= 0.6 is 0 Å². The second-order valence-electron chi connectivity index (χ2n) is 6.75. The van der Waals surface area contributed by atoms with Crippen LogP contribution in [0.4, 0.5) is 0 Å². The molecule has 0 saturated carbocycles. The highest BCUT2D eigenvalue weighted by Gasteiger charge is 2.18. The van der Waals surface area contributed by atoms with Crippen LogP contribution in [0.2, 0.25) is 0 Å². The zero-order valence-corrected chi connectivity index (χ0v) is 15.1. The van der Waals surface area contributed by atoms with Crippen LogP contribution in [0.3, 0.4) is 0 Å². The predicted molar refractivity (Wildman–Crippen MR) is 93.9 cm³/mol. The second-order valence-corrected chi connectivity index (χ2v) is 6.75. The van der Waals surface area contributed by atoms with E-state index in [0.29, 0.717) is 0 Å². The molecule has 1 saturated heterocycles. The van der Waals surface area contributed by atoms with E-state index in [0.717, 1.165) is 37.4 Å². The van der Waals surface area contributed by atoms with Gasteiger partial charge in [0.15, 0.2) is 11.5 Å². The van der Waals surface area contributed by atoms with E-state index in [9.17, 15) is 0 Å². The fourth-order valence-electron chi connectivity index (χ4n) is 3.21. The molecule has 1 heterocycles. The highest BCUT2D eigenvalue weighted by Crippen LogP contribution is 2.28. The zero-order chi connectivity index (χ0) is 16.5. The SMILES string of the molecule is CCCc1ccc(OCCCC[NH+]2CC[NH+](C)CC2)c(OC)c1. The lowest BCUT2D eigenvalue weighted by atomic mass is 10.1. The molecule has 0 spiro atoms. The van der Waals surface area contributed by atoms with Gasteiger partial charge in [0.05, 0.1) is 27.3 Å². The number of benzene rings is 1. The maximum absolute atomic E-state index is 5.93. The zero-order valence-electron chi connectivity index (χ0n) is 15.1. The predicted octanol–water partition coefficient (Wildman–Crippen LogP) is 0.220. The summed E-state index contributed by atoms with van der Waals surface area (Å²) in [4.78, 5) is 3.44. The molecule has 2 N–H and O–H groups in total. The number of methoxy groups -OCH3 is 1. The fourth-order valence-corrected chi connectivity index (χ4v) is 3.21. The lowest BCUT2D eigenvalue weighted by Crippen LogP contribution is -3.27. The third-order valence-electron chi connectivity index (χ3n) is 4.76. The van der Waals surface area contributed by atoms with Crippen molar-refractivity contribution in [3.8, 4) is 11.5 Å². The molecule has 0 aliphatic carbocycles. The van der Waals surface area contributed by atoms with Crippen LogP contribution < -0.4 is 19.3 Å². The minimum Gasteiger partial charge on any atom is -0.493 e. The minimum atomic E-state index is 0.780. The maximum atomic E-state index is 5.93. The third-order valence-corrected chi connectivity index (χ3v) is 4.76. The molecule has 1 aliphatic heterocycles. The molecule has 0 unspecified atom stereocenters. The topological polar surface area (TPSA) is 27.3 Å². The Morgan fingerprint density at radius 1 is 1.04 bits per heavy atom. The van der Waals surface area contributed by atoms with Crippen molar-refractivity contribution in [2.45, 2.75) is 32.6 Å². The van der Waals surface area contributed by atoms with Gasteiger partial charge >= 0.3 is 0 Å². The average Bonchev–Trinajstić information content (AvgIpc) is 2.57. The number of likely N-dealkylation sites (N-methyl/N-ethyl adjacent to an activating group) is 1. The van der Waals surface area contributed by atoms with Crippen molar-refractivity contribution in [3.05, 3.63) is 23.8 Å². The van der Waals surface area contributed by atoms with Crippen LogP contribution in [0.1, 0.15) is 31.7 Å². The summed E-state index contributed by atoms with van der Waals surface area (Å²) < 4.78 is 11.4. The number of hydrogen-bond donors (Lipinski definition) is 2. The summed E-state index contributed by atoms with van der Waals surface area (Å²) in [6.45, 7) is 9.52. The van der Waals surface area contributed by atoms with Crippen molar-refractivity contribution in [3.63, 3.8) is 0 Å². The van der Waals surface area contributed by atoms with Gasteiger partial charge in [0.2, 0.25) is 0 Å². The molecule has 1 aromatic rings. The van der Waals surface area contributed by atoms with Crippen molar-refractivity contribution in [2.24, 2.45) is 0 Å². The van der Waals surface area contributed by atoms with E-state index >= 15 is 0 Å². The van der Waals surface area contributed by atoms with Gasteiger partial charge in [-0.2, -0.15) is 0 Å². The Labute approximate surface area is 141 Å². The Bertz CT molecular complexity index is 457. The van der Waals surface area contributed by atoms with Crippen LogP contribution in [0.25, 0.3) is 0 Å². The van der Waals surface area contributed by atoms with E-state index in [4.69, 9.17) is 9.47 Å². The first-order valence-corrected chi connectivity index (χ1v) is 9.17. The molecule has 23 heavy (non-hydrogen) atoms. The van der Waals surface area contributed by atoms with E-state index in [1.165, 1.54) is 44.7 Å². The summed E-state index contributed by atoms with van der Waals surface area (Å²) >= 11 is 0. The van der Waals surface area contributed by atoms with Crippen LogP contribution in [-0.2, 0) is 6.42 Å². The summed E-state index contributed by atoms with van der Waals surface area (Å²) in [5, 5.41) is 0. The minimum absolute atomic E-state index is 0.780. The molecule has 0 bridgehead atoms. The van der Waals surface area contributed by atoms with Crippen molar-refractivity contribution < 1.29 is 19.3 Å². The molecular formula is C19H34N2O2+2. The normalized spacial score (nSPS) is 21.2. The molecule has 2 rings (SSSR count). The number of hydrogen-bond acceptors (Lipinski definition) is 2. The van der Waals surface area contributed by atoms with Gasteiger partial charge in [0.1, 0.15) is 26.2 Å². The molecule has 4 nitrogen and oxygen atoms in total.